The van der Waals surface area contributed by atoms with Crippen LogP contribution in [0.5, 0.6) is 5.75 Å². The molecular weight excluding hydrogens is 445 g/mol. The Kier molecular flexibility index (Phi) is 6.29. The van der Waals surface area contributed by atoms with Crippen LogP contribution in [0.1, 0.15) is 11.1 Å². The molecule has 0 unspecified atom stereocenters. The molecule has 0 radical (unpaired) electrons. The number of hydrogen-bond donors (Lipinski definition) is 0. The van der Waals surface area contributed by atoms with Gasteiger partial charge in [0.15, 0.2) is 5.75 Å². The molecule has 0 amide bonds. The van der Waals surface area contributed by atoms with Gasteiger partial charge in [-0.2, -0.15) is 5.26 Å². The molecule has 0 aliphatic carbocycles. The Bertz CT molecular complexity index is 1370. The summed E-state index contributed by atoms with van der Waals surface area (Å²) < 4.78 is 18.9. The number of nitro benzene ring substituents is 1. The van der Waals surface area contributed by atoms with Gasteiger partial charge in [-0.05, 0) is 41.5 Å². The molecule has 0 saturated carbocycles. The molecule has 1 heterocycles. The Balaban J connectivity index is 1.78. The van der Waals surface area contributed by atoms with Gasteiger partial charge in [-0.3, -0.25) is 10.1 Å². The summed E-state index contributed by atoms with van der Waals surface area (Å²) in [6.07, 6.45) is 0. The van der Waals surface area contributed by atoms with Gasteiger partial charge in [-0.1, -0.05) is 54.1 Å². The van der Waals surface area contributed by atoms with Crippen molar-refractivity contribution in [2.45, 2.75) is 6.61 Å². The molecule has 0 bridgehead atoms. The molecule has 0 N–H and O–H groups in total. The number of pyridine rings is 1. The lowest BCUT2D eigenvalue weighted by Crippen LogP contribution is -2.00. The lowest BCUT2D eigenvalue weighted by atomic mass is 9.98. The molecule has 33 heavy (non-hydrogen) atoms. The highest BCUT2D eigenvalue weighted by Crippen LogP contribution is 2.37. The first-order valence-electron chi connectivity index (χ1n) is 9.78. The third-order valence-electron chi connectivity index (χ3n) is 4.93. The monoisotopic (exact) mass is 459 g/mol. The topological polar surface area (TPSA) is 89.0 Å². The van der Waals surface area contributed by atoms with Gasteiger partial charge < -0.3 is 4.74 Å². The zero-order valence-electron chi connectivity index (χ0n) is 17.0. The van der Waals surface area contributed by atoms with Crippen molar-refractivity contribution < 1.29 is 14.1 Å². The van der Waals surface area contributed by atoms with E-state index in [1.807, 2.05) is 30.3 Å². The molecule has 3 aromatic carbocycles. The quantitative estimate of drug-likeness (QED) is 0.185. The zero-order valence-corrected chi connectivity index (χ0v) is 17.8. The van der Waals surface area contributed by atoms with Gasteiger partial charge >= 0.3 is 5.69 Å². The smallest absolute Gasteiger partial charge is 0.310 e. The van der Waals surface area contributed by atoms with E-state index < -0.39 is 4.92 Å². The molecular formula is C25H15ClFN3O3. The Morgan fingerprint density at radius 2 is 1.76 bits per heavy atom. The maximum atomic E-state index is 13.1. The van der Waals surface area contributed by atoms with Gasteiger partial charge in [-0.15, -0.1) is 0 Å². The van der Waals surface area contributed by atoms with Crippen LogP contribution < -0.4 is 4.74 Å². The van der Waals surface area contributed by atoms with E-state index in [-0.39, 0.29) is 34.6 Å². The first kappa shape index (κ1) is 21.9. The van der Waals surface area contributed by atoms with Crippen LogP contribution in [0.4, 0.5) is 10.1 Å². The lowest BCUT2D eigenvalue weighted by molar-refractivity contribution is -0.385. The van der Waals surface area contributed by atoms with Gasteiger partial charge in [0.2, 0.25) is 0 Å². The van der Waals surface area contributed by atoms with Crippen molar-refractivity contribution in [1.29, 1.82) is 5.26 Å². The van der Waals surface area contributed by atoms with Crippen LogP contribution in [0, 0.1) is 27.3 Å². The fourth-order valence-corrected chi connectivity index (χ4v) is 3.53. The Morgan fingerprint density at radius 1 is 1.03 bits per heavy atom. The minimum absolute atomic E-state index is 0.00203. The van der Waals surface area contributed by atoms with Crippen LogP contribution in [0.2, 0.25) is 5.15 Å². The number of hydrogen-bond acceptors (Lipinski definition) is 5. The fraction of sp³-hybridized carbons (Fsp3) is 0.0400. The zero-order chi connectivity index (χ0) is 23.4. The van der Waals surface area contributed by atoms with E-state index in [0.717, 1.165) is 5.56 Å². The summed E-state index contributed by atoms with van der Waals surface area (Å²) in [6, 6.07) is 23.1. The maximum Gasteiger partial charge on any atom is 0.310 e. The Hall–Kier alpha value is -4.28. The Morgan fingerprint density at radius 3 is 2.42 bits per heavy atom. The van der Waals surface area contributed by atoms with E-state index in [1.165, 1.54) is 42.5 Å². The number of benzene rings is 3. The Labute approximate surface area is 193 Å². The van der Waals surface area contributed by atoms with Gasteiger partial charge in [0.25, 0.3) is 0 Å². The largest absolute Gasteiger partial charge is 0.482 e. The summed E-state index contributed by atoms with van der Waals surface area (Å²) in [7, 11) is 0. The fourth-order valence-electron chi connectivity index (χ4n) is 3.29. The van der Waals surface area contributed by atoms with Crippen LogP contribution >= 0.6 is 11.6 Å². The molecule has 0 aliphatic heterocycles. The van der Waals surface area contributed by atoms with Gasteiger partial charge in [-0.25, -0.2) is 9.37 Å². The third kappa shape index (κ3) is 4.81. The van der Waals surface area contributed by atoms with Gasteiger partial charge in [0, 0.05) is 17.2 Å². The average molecular weight is 460 g/mol. The number of ether oxygens (including phenoxy) is 1. The summed E-state index contributed by atoms with van der Waals surface area (Å²) in [4.78, 5) is 15.3. The molecule has 0 fully saturated rings. The molecule has 8 heteroatoms. The number of nitriles is 1. The molecule has 0 spiro atoms. The second-order valence-electron chi connectivity index (χ2n) is 7.05. The van der Waals surface area contributed by atoms with E-state index in [9.17, 15) is 19.8 Å². The summed E-state index contributed by atoms with van der Waals surface area (Å²) >= 11 is 6.31. The van der Waals surface area contributed by atoms with E-state index in [1.54, 1.807) is 6.07 Å². The maximum absolute atomic E-state index is 13.1. The highest BCUT2D eigenvalue weighted by atomic mass is 35.5. The van der Waals surface area contributed by atoms with Crippen LogP contribution in [-0.2, 0) is 6.61 Å². The van der Waals surface area contributed by atoms with Crippen molar-refractivity contribution in [3.05, 3.63) is 111 Å². The van der Waals surface area contributed by atoms with Crippen molar-refractivity contribution in [2.75, 3.05) is 0 Å². The second-order valence-corrected chi connectivity index (χ2v) is 7.41. The molecule has 4 rings (SSSR count). The van der Waals surface area contributed by atoms with Crippen molar-refractivity contribution in [3.63, 3.8) is 0 Å². The molecule has 6 nitrogen and oxygen atoms in total. The van der Waals surface area contributed by atoms with E-state index in [2.05, 4.69) is 11.1 Å². The minimum Gasteiger partial charge on any atom is -0.482 e. The standard InChI is InChI=1S/C25H15ClFN3O3/c26-25-21(14-28)20(13-22(29-25)17-4-2-1-3-5-17)18-8-11-23(30(31)32)24(12-18)33-15-16-6-9-19(27)10-7-16/h1-13H,15H2. The first-order valence-corrected chi connectivity index (χ1v) is 10.2. The number of nitrogens with zero attached hydrogens (tertiary/aromatic N) is 3. The number of halogens is 2. The highest BCUT2D eigenvalue weighted by molar-refractivity contribution is 6.31. The molecule has 0 aliphatic rings. The predicted octanol–water partition coefficient (Wildman–Crippen LogP) is 6.57. The van der Waals surface area contributed by atoms with Crippen LogP contribution in [0.15, 0.2) is 78.9 Å². The summed E-state index contributed by atoms with van der Waals surface area (Å²) in [6.45, 7) is 0.00203. The summed E-state index contributed by atoms with van der Waals surface area (Å²) in [5.41, 5.74) is 2.90. The normalized spacial score (nSPS) is 10.5. The SMILES string of the molecule is N#Cc1c(-c2ccc([N+](=O)[O-])c(OCc3ccc(F)cc3)c2)cc(-c2ccccc2)nc1Cl. The van der Waals surface area contributed by atoms with E-state index in [4.69, 9.17) is 16.3 Å². The molecule has 0 saturated heterocycles. The van der Waals surface area contributed by atoms with Crippen molar-refractivity contribution in [3.8, 4) is 34.2 Å². The van der Waals surface area contributed by atoms with Crippen molar-refractivity contribution >= 4 is 17.3 Å². The molecule has 162 valence electrons. The van der Waals surface area contributed by atoms with E-state index in [0.29, 0.717) is 22.4 Å². The first-order chi connectivity index (χ1) is 16.0. The van der Waals surface area contributed by atoms with Gasteiger partial charge in [0.05, 0.1) is 16.2 Å². The second kappa shape index (κ2) is 9.47. The van der Waals surface area contributed by atoms with E-state index >= 15 is 0 Å². The molecule has 1 aromatic heterocycles. The highest BCUT2D eigenvalue weighted by Gasteiger charge is 2.20. The van der Waals surface area contributed by atoms with Crippen LogP contribution in [-0.4, -0.2) is 9.91 Å². The number of rotatable bonds is 6. The molecule has 0 atom stereocenters. The summed E-state index contributed by atoms with van der Waals surface area (Å²) in [5, 5.41) is 21.2. The average Bonchev–Trinajstić information content (AvgIpc) is 2.83. The summed E-state index contributed by atoms with van der Waals surface area (Å²) in [5.74, 6) is -0.376. The predicted molar refractivity (Wildman–Crippen MR) is 122 cm³/mol. The lowest BCUT2D eigenvalue weighted by Gasteiger charge is -2.12. The number of nitro groups is 1. The van der Waals surface area contributed by atoms with Crippen LogP contribution in [0.25, 0.3) is 22.4 Å². The van der Waals surface area contributed by atoms with Gasteiger partial charge in [0.1, 0.15) is 23.6 Å². The van der Waals surface area contributed by atoms with Crippen molar-refractivity contribution in [2.24, 2.45) is 0 Å². The number of aromatic nitrogens is 1. The molecule has 4 aromatic rings. The minimum atomic E-state index is -0.552. The van der Waals surface area contributed by atoms with Crippen LogP contribution in [0.3, 0.4) is 0 Å². The third-order valence-corrected chi connectivity index (χ3v) is 5.21. The van der Waals surface area contributed by atoms with Crippen molar-refractivity contribution in [1.82, 2.24) is 4.98 Å².